The molecule has 0 aliphatic carbocycles. The maximum Gasteiger partial charge on any atom is 0.172 e. The summed E-state index contributed by atoms with van der Waals surface area (Å²) < 4.78 is 0.377. The molecule has 0 amide bonds. The number of aromatic hydroxyl groups is 4. The molecule has 5 N–H and O–H groups in total. The lowest BCUT2D eigenvalue weighted by molar-refractivity contribution is 0.399. The fourth-order valence-electron chi connectivity index (χ4n) is 2.49. The fourth-order valence-corrected chi connectivity index (χ4v) is 3.17. The van der Waals surface area contributed by atoms with Crippen LogP contribution in [0.15, 0.2) is 34.8 Å². The molecule has 26 heavy (non-hydrogen) atoms. The van der Waals surface area contributed by atoms with E-state index < -0.39 is 0 Å². The van der Waals surface area contributed by atoms with Gasteiger partial charge in [-0.15, -0.1) is 0 Å². The van der Waals surface area contributed by atoms with Gasteiger partial charge in [0.1, 0.15) is 0 Å². The van der Waals surface area contributed by atoms with Crippen LogP contribution in [0.3, 0.4) is 0 Å². The van der Waals surface area contributed by atoms with Crippen LogP contribution in [0.5, 0.6) is 23.0 Å². The number of halogens is 1. The van der Waals surface area contributed by atoms with Gasteiger partial charge in [-0.2, -0.15) is 0 Å². The third-order valence-electron chi connectivity index (χ3n) is 3.97. The van der Waals surface area contributed by atoms with Crippen molar-refractivity contribution in [2.24, 2.45) is 0 Å². The van der Waals surface area contributed by atoms with Gasteiger partial charge < -0.3 is 25.7 Å². The van der Waals surface area contributed by atoms with Crippen LogP contribution in [-0.2, 0) is 0 Å². The second-order valence-electron chi connectivity index (χ2n) is 5.84. The molecule has 0 radical (unpaired) electrons. The van der Waals surface area contributed by atoms with Gasteiger partial charge in [-0.3, -0.25) is 0 Å². The zero-order chi connectivity index (χ0) is 19.4. The fraction of sp³-hybridized carbons (Fsp3) is 0.211. The van der Waals surface area contributed by atoms with Crippen molar-refractivity contribution in [2.75, 3.05) is 0 Å². The largest absolute Gasteiger partial charge is 0.504 e. The van der Waals surface area contributed by atoms with Crippen molar-refractivity contribution in [2.45, 2.75) is 26.3 Å². The summed E-state index contributed by atoms with van der Waals surface area (Å²) in [6, 6.07) is 6.24. The minimum absolute atomic E-state index is 0.122. The number of rotatable bonds is 5. The van der Waals surface area contributed by atoms with Crippen LogP contribution in [0.4, 0.5) is 0 Å². The standard InChI is InChI=1S/C19H20BrNO4S/c1-3-13(12-8-10(2)18(24)15(23)9-12)21-16(26)7-5-11-4-6-14(22)19(25)17(11)20/h4-9,13,22-25H,3H2,1-2H3,(H,21,26)/b7-5+. The summed E-state index contributed by atoms with van der Waals surface area (Å²) in [6.07, 6.45) is 4.12. The molecule has 2 rings (SSSR count). The van der Waals surface area contributed by atoms with Gasteiger partial charge in [0.2, 0.25) is 0 Å². The molecule has 7 heteroatoms. The lowest BCUT2D eigenvalue weighted by Gasteiger charge is -2.19. The van der Waals surface area contributed by atoms with Gasteiger partial charge in [-0.05, 0) is 70.2 Å². The Morgan fingerprint density at radius 3 is 2.46 bits per heavy atom. The lowest BCUT2D eigenvalue weighted by atomic mass is 10.0. The topological polar surface area (TPSA) is 93.0 Å². The van der Waals surface area contributed by atoms with Crippen LogP contribution < -0.4 is 5.32 Å². The predicted molar refractivity (Wildman–Crippen MR) is 110 cm³/mol. The number of phenols is 4. The molecule has 2 aromatic rings. The molecule has 1 atom stereocenters. The van der Waals surface area contributed by atoms with Gasteiger partial charge in [-0.25, -0.2) is 0 Å². The molecular formula is C19H20BrNO4S. The normalized spacial score (nSPS) is 12.3. The van der Waals surface area contributed by atoms with E-state index >= 15 is 0 Å². The van der Waals surface area contributed by atoms with Crippen molar-refractivity contribution in [3.63, 3.8) is 0 Å². The van der Waals surface area contributed by atoms with E-state index in [2.05, 4.69) is 21.2 Å². The molecular weight excluding hydrogens is 418 g/mol. The maximum absolute atomic E-state index is 9.82. The first-order valence-electron chi connectivity index (χ1n) is 7.96. The number of nitrogens with one attached hydrogen (secondary N) is 1. The van der Waals surface area contributed by atoms with E-state index in [-0.39, 0.29) is 29.0 Å². The molecule has 0 heterocycles. The van der Waals surface area contributed by atoms with Crippen LogP contribution in [0.25, 0.3) is 6.08 Å². The molecule has 0 aliphatic rings. The van der Waals surface area contributed by atoms with Crippen LogP contribution in [0.1, 0.15) is 36.1 Å². The van der Waals surface area contributed by atoms with Gasteiger partial charge in [0.25, 0.3) is 0 Å². The Kier molecular flexibility index (Phi) is 6.50. The zero-order valence-electron chi connectivity index (χ0n) is 14.3. The summed E-state index contributed by atoms with van der Waals surface area (Å²) in [7, 11) is 0. The van der Waals surface area contributed by atoms with Crippen molar-refractivity contribution >= 4 is 39.2 Å². The summed E-state index contributed by atoms with van der Waals surface area (Å²) in [5.41, 5.74) is 2.07. The van der Waals surface area contributed by atoms with E-state index in [9.17, 15) is 20.4 Å². The minimum atomic E-state index is -0.229. The van der Waals surface area contributed by atoms with Crippen LogP contribution in [0.2, 0.25) is 0 Å². The third kappa shape index (κ3) is 4.47. The number of thiocarbonyl (C=S) groups is 1. The molecule has 0 fully saturated rings. The highest BCUT2D eigenvalue weighted by Crippen LogP contribution is 2.36. The Morgan fingerprint density at radius 1 is 1.15 bits per heavy atom. The van der Waals surface area contributed by atoms with Crippen molar-refractivity contribution in [3.05, 3.63) is 51.5 Å². The van der Waals surface area contributed by atoms with E-state index in [0.29, 0.717) is 20.6 Å². The van der Waals surface area contributed by atoms with Crippen molar-refractivity contribution in [1.29, 1.82) is 0 Å². The third-order valence-corrected chi connectivity index (χ3v) is 5.06. The number of benzene rings is 2. The Labute approximate surface area is 165 Å². The highest BCUT2D eigenvalue weighted by molar-refractivity contribution is 9.10. The average molecular weight is 438 g/mol. The predicted octanol–water partition coefficient (Wildman–Crippen LogP) is 4.66. The van der Waals surface area contributed by atoms with E-state index in [1.54, 1.807) is 31.2 Å². The monoisotopic (exact) mass is 437 g/mol. The van der Waals surface area contributed by atoms with Gasteiger partial charge in [0.05, 0.1) is 15.5 Å². The lowest BCUT2D eigenvalue weighted by Crippen LogP contribution is -2.25. The minimum Gasteiger partial charge on any atom is -0.504 e. The Hall–Kier alpha value is -2.25. The summed E-state index contributed by atoms with van der Waals surface area (Å²) in [4.78, 5) is 0.474. The molecule has 0 aromatic heterocycles. The van der Waals surface area contributed by atoms with E-state index in [0.717, 1.165) is 12.0 Å². The van der Waals surface area contributed by atoms with Crippen LogP contribution in [0, 0.1) is 6.92 Å². The Bertz CT molecular complexity index is 844. The Balaban J connectivity index is 2.16. The number of phenolic OH excluding ortho intramolecular Hbond substituents is 4. The average Bonchev–Trinajstić information content (AvgIpc) is 2.61. The molecule has 138 valence electrons. The summed E-state index contributed by atoms with van der Waals surface area (Å²) >= 11 is 8.58. The Morgan fingerprint density at radius 2 is 1.85 bits per heavy atom. The zero-order valence-corrected chi connectivity index (χ0v) is 16.7. The van der Waals surface area contributed by atoms with Gasteiger partial charge in [0.15, 0.2) is 23.0 Å². The van der Waals surface area contributed by atoms with Crippen LogP contribution >= 0.6 is 28.1 Å². The second-order valence-corrected chi connectivity index (χ2v) is 7.08. The van der Waals surface area contributed by atoms with E-state index in [1.165, 1.54) is 12.1 Å². The van der Waals surface area contributed by atoms with Gasteiger partial charge >= 0.3 is 0 Å². The highest BCUT2D eigenvalue weighted by atomic mass is 79.9. The molecule has 0 saturated carbocycles. The van der Waals surface area contributed by atoms with Crippen LogP contribution in [-0.4, -0.2) is 25.4 Å². The van der Waals surface area contributed by atoms with Crippen molar-refractivity contribution in [1.82, 2.24) is 5.32 Å². The van der Waals surface area contributed by atoms with Gasteiger partial charge in [0, 0.05) is 0 Å². The molecule has 0 aliphatic heterocycles. The molecule has 0 bridgehead atoms. The SMILES string of the molecule is CCC(NC(=S)/C=C/c1ccc(O)c(O)c1Br)c1cc(C)c(O)c(O)c1. The first-order chi connectivity index (χ1) is 12.2. The number of hydrogen-bond donors (Lipinski definition) is 5. The van der Waals surface area contributed by atoms with Crippen molar-refractivity contribution in [3.8, 4) is 23.0 Å². The van der Waals surface area contributed by atoms with E-state index in [4.69, 9.17) is 12.2 Å². The molecule has 0 saturated heterocycles. The highest BCUT2D eigenvalue weighted by Gasteiger charge is 2.14. The van der Waals surface area contributed by atoms with E-state index in [1.807, 2.05) is 6.92 Å². The molecule has 0 spiro atoms. The second kappa shape index (κ2) is 8.42. The van der Waals surface area contributed by atoms with Gasteiger partial charge in [-0.1, -0.05) is 31.3 Å². The number of aryl methyl sites for hydroxylation is 1. The summed E-state index contributed by atoms with van der Waals surface area (Å²) in [6.45, 7) is 3.70. The number of hydrogen-bond acceptors (Lipinski definition) is 5. The maximum atomic E-state index is 9.82. The first kappa shape index (κ1) is 20.1. The molecule has 2 aromatic carbocycles. The first-order valence-corrected chi connectivity index (χ1v) is 9.16. The van der Waals surface area contributed by atoms with Crippen molar-refractivity contribution < 1.29 is 20.4 Å². The summed E-state index contributed by atoms with van der Waals surface area (Å²) in [5, 5.41) is 41.9. The molecule has 5 nitrogen and oxygen atoms in total. The molecule has 1 unspecified atom stereocenters. The quantitative estimate of drug-likeness (QED) is 0.265. The smallest absolute Gasteiger partial charge is 0.172 e. The summed E-state index contributed by atoms with van der Waals surface area (Å²) in [5.74, 6) is -0.718.